The van der Waals surface area contributed by atoms with Crippen molar-refractivity contribution < 1.29 is 23.5 Å². The van der Waals surface area contributed by atoms with Crippen LogP contribution in [-0.4, -0.2) is 37.4 Å². The summed E-state index contributed by atoms with van der Waals surface area (Å²) in [5, 5.41) is 5.21. The highest BCUT2D eigenvalue weighted by molar-refractivity contribution is 6.01. The van der Waals surface area contributed by atoms with Crippen LogP contribution in [0.2, 0.25) is 0 Å². The van der Waals surface area contributed by atoms with Gasteiger partial charge in [0, 0.05) is 18.7 Å². The van der Waals surface area contributed by atoms with Crippen molar-refractivity contribution in [2.45, 2.75) is 13.3 Å². The Balaban J connectivity index is 1.50. The molecule has 1 aliphatic heterocycles. The normalized spacial score (nSPS) is 15.9. The Kier molecular flexibility index (Phi) is 6.43. The molecule has 3 amide bonds. The van der Waals surface area contributed by atoms with Gasteiger partial charge in [0.2, 0.25) is 17.7 Å². The third-order valence-electron chi connectivity index (χ3n) is 4.51. The standard InChI is InChI=1S/C21H22FN3O4/c1-2-29-16-9-7-15(8-10-16)24-19(26)12-23-21(28)14-11-20(27)25(13-14)18-6-4-3-5-17(18)22/h3-10,14H,2,11-13H2,1H3,(H,23,28)(H,24,26). The third kappa shape index (κ3) is 5.10. The maximum atomic E-state index is 13.9. The SMILES string of the molecule is CCOc1ccc(NC(=O)CNC(=O)C2CC(=O)N(c3ccccc3F)C2)cc1. The number of hydrogen-bond donors (Lipinski definition) is 2. The summed E-state index contributed by atoms with van der Waals surface area (Å²) in [7, 11) is 0. The lowest BCUT2D eigenvalue weighted by Gasteiger charge is -2.17. The Hall–Kier alpha value is -3.42. The highest BCUT2D eigenvalue weighted by Gasteiger charge is 2.36. The summed E-state index contributed by atoms with van der Waals surface area (Å²) in [5.41, 5.74) is 0.732. The van der Waals surface area contributed by atoms with Gasteiger partial charge in [0.05, 0.1) is 24.8 Å². The monoisotopic (exact) mass is 399 g/mol. The van der Waals surface area contributed by atoms with Gasteiger partial charge in [0.1, 0.15) is 11.6 Å². The topological polar surface area (TPSA) is 87.7 Å². The van der Waals surface area contributed by atoms with E-state index < -0.39 is 23.5 Å². The number of rotatable bonds is 7. The first kappa shape index (κ1) is 20.3. The summed E-state index contributed by atoms with van der Waals surface area (Å²) in [4.78, 5) is 37.8. The van der Waals surface area contributed by atoms with E-state index in [2.05, 4.69) is 10.6 Å². The zero-order valence-electron chi connectivity index (χ0n) is 16.0. The predicted molar refractivity (Wildman–Crippen MR) is 106 cm³/mol. The van der Waals surface area contributed by atoms with Crippen molar-refractivity contribution in [1.82, 2.24) is 5.32 Å². The van der Waals surface area contributed by atoms with Gasteiger partial charge in [0.25, 0.3) is 0 Å². The van der Waals surface area contributed by atoms with Gasteiger partial charge in [-0.15, -0.1) is 0 Å². The van der Waals surface area contributed by atoms with Gasteiger partial charge in [0.15, 0.2) is 0 Å². The average molecular weight is 399 g/mol. The summed E-state index contributed by atoms with van der Waals surface area (Å²) >= 11 is 0. The largest absolute Gasteiger partial charge is 0.494 e. The van der Waals surface area contributed by atoms with Crippen LogP contribution >= 0.6 is 0 Å². The summed E-state index contributed by atoms with van der Waals surface area (Å²) in [6.07, 6.45) is -0.0271. The lowest BCUT2D eigenvalue weighted by Crippen LogP contribution is -2.38. The number of benzene rings is 2. The quantitative estimate of drug-likeness (QED) is 0.748. The van der Waals surface area contributed by atoms with Crippen molar-refractivity contribution in [3.8, 4) is 5.75 Å². The Morgan fingerprint density at radius 1 is 1.17 bits per heavy atom. The molecule has 0 saturated carbocycles. The molecule has 3 rings (SSSR count). The van der Waals surface area contributed by atoms with Crippen molar-refractivity contribution in [1.29, 1.82) is 0 Å². The maximum Gasteiger partial charge on any atom is 0.243 e. The molecular weight excluding hydrogens is 377 g/mol. The van der Waals surface area contributed by atoms with E-state index in [1.54, 1.807) is 30.3 Å². The molecule has 152 valence electrons. The fourth-order valence-electron chi connectivity index (χ4n) is 3.10. The van der Waals surface area contributed by atoms with E-state index in [0.29, 0.717) is 18.0 Å². The Bertz CT molecular complexity index is 901. The number of hydrogen-bond acceptors (Lipinski definition) is 4. The molecule has 0 bridgehead atoms. The molecule has 1 fully saturated rings. The molecule has 0 radical (unpaired) electrons. The number of halogens is 1. The molecule has 2 N–H and O–H groups in total. The van der Waals surface area contributed by atoms with Gasteiger partial charge in [-0.3, -0.25) is 14.4 Å². The van der Waals surface area contributed by atoms with E-state index in [9.17, 15) is 18.8 Å². The van der Waals surface area contributed by atoms with Crippen LogP contribution in [0.5, 0.6) is 5.75 Å². The summed E-state index contributed by atoms with van der Waals surface area (Å²) in [6.45, 7) is 2.28. The van der Waals surface area contributed by atoms with E-state index in [-0.39, 0.29) is 31.1 Å². The second-order valence-corrected chi connectivity index (χ2v) is 6.58. The van der Waals surface area contributed by atoms with E-state index in [4.69, 9.17) is 4.74 Å². The van der Waals surface area contributed by atoms with Gasteiger partial charge in [-0.25, -0.2) is 4.39 Å². The molecule has 1 saturated heterocycles. The highest BCUT2D eigenvalue weighted by atomic mass is 19.1. The minimum absolute atomic E-state index is 0.0271. The minimum Gasteiger partial charge on any atom is -0.494 e. The lowest BCUT2D eigenvalue weighted by atomic mass is 10.1. The first-order valence-electron chi connectivity index (χ1n) is 9.33. The van der Waals surface area contributed by atoms with Gasteiger partial charge in [-0.1, -0.05) is 12.1 Å². The van der Waals surface area contributed by atoms with Crippen molar-refractivity contribution in [2.24, 2.45) is 5.92 Å². The van der Waals surface area contributed by atoms with Gasteiger partial charge < -0.3 is 20.3 Å². The van der Waals surface area contributed by atoms with Gasteiger partial charge >= 0.3 is 0 Å². The molecule has 2 aromatic rings. The Morgan fingerprint density at radius 3 is 2.59 bits per heavy atom. The number of amides is 3. The molecule has 1 unspecified atom stereocenters. The average Bonchev–Trinajstić information content (AvgIpc) is 3.10. The van der Waals surface area contributed by atoms with Crippen LogP contribution < -0.4 is 20.3 Å². The molecule has 8 heteroatoms. The maximum absolute atomic E-state index is 13.9. The van der Waals surface area contributed by atoms with Crippen molar-refractivity contribution in [3.05, 3.63) is 54.3 Å². The van der Waals surface area contributed by atoms with Crippen LogP contribution in [0.4, 0.5) is 15.8 Å². The first-order valence-corrected chi connectivity index (χ1v) is 9.33. The first-order chi connectivity index (χ1) is 14.0. The van der Waals surface area contributed by atoms with Crippen LogP contribution in [0.25, 0.3) is 0 Å². The summed E-state index contributed by atoms with van der Waals surface area (Å²) in [5.74, 6) is -1.59. The van der Waals surface area contributed by atoms with E-state index in [0.717, 1.165) is 0 Å². The van der Waals surface area contributed by atoms with Crippen molar-refractivity contribution in [2.75, 3.05) is 29.9 Å². The van der Waals surface area contributed by atoms with E-state index in [1.165, 1.54) is 23.1 Å². The zero-order valence-corrected chi connectivity index (χ0v) is 16.0. The van der Waals surface area contributed by atoms with Gasteiger partial charge in [-0.05, 0) is 43.3 Å². The molecule has 0 aliphatic carbocycles. The Morgan fingerprint density at radius 2 is 1.90 bits per heavy atom. The number of carbonyl (C=O) groups excluding carboxylic acids is 3. The van der Waals surface area contributed by atoms with Crippen LogP contribution in [0.3, 0.4) is 0 Å². The lowest BCUT2D eigenvalue weighted by molar-refractivity contribution is -0.127. The summed E-state index contributed by atoms with van der Waals surface area (Å²) < 4.78 is 19.3. The molecule has 1 atom stereocenters. The number of ether oxygens (including phenoxy) is 1. The number of nitrogens with one attached hydrogen (secondary N) is 2. The molecular formula is C21H22FN3O4. The molecule has 1 aliphatic rings. The molecule has 0 aromatic heterocycles. The van der Waals surface area contributed by atoms with Crippen LogP contribution in [-0.2, 0) is 14.4 Å². The highest BCUT2D eigenvalue weighted by Crippen LogP contribution is 2.27. The van der Waals surface area contributed by atoms with Crippen molar-refractivity contribution >= 4 is 29.1 Å². The summed E-state index contributed by atoms with van der Waals surface area (Å²) in [6, 6.07) is 12.8. The third-order valence-corrected chi connectivity index (χ3v) is 4.51. The molecule has 1 heterocycles. The van der Waals surface area contributed by atoms with Crippen LogP contribution in [0.1, 0.15) is 13.3 Å². The van der Waals surface area contributed by atoms with Crippen molar-refractivity contribution in [3.63, 3.8) is 0 Å². The molecule has 7 nitrogen and oxygen atoms in total. The minimum atomic E-state index is -0.639. The molecule has 0 spiro atoms. The van der Waals surface area contributed by atoms with E-state index >= 15 is 0 Å². The predicted octanol–water partition coefficient (Wildman–Crippen LogP) is 2.33. The van der Waals surface area contributed by atoms with E-state index in [1.807, 2.05) is 6.92 Å². The molecule has 2 aromatic carbocycles. The van der Waals surface area contributed by atoms with Gasteiger partial charge in [-0.2, -0.15) is 0 Å². The molecule has 29 heavy (non-hydrogen) atoms. The number of nitrogens with zero attached hydrogens (tertiary/aromatic N) is 1. The number of carbonyl (C=O) groups is 3. The second-order valence-electron chi connectivity index (χ2n) is 6.58. The second kappa shape index (κ2) is 9.18. The zero-order chi connectivity index (χ0) is 20.8. The van der Waals surface area contributed by atoms with Crippen LogP contribution in [0.15, 0.2) is 48.5 Å². The van der Waals surface area contributed by atoms with Crippen LogP contribution in [0, 0.1) is 11.7 Å². The fourth-order valence-corrected chi connectivity index (χ4v) is 3.10. The fraction of sp³-hybridized carbons (Fsp3) is 0.286. The Labute approximate surface area is 167 Å². The smallest absolute Gasteiger partial charge is 0.243 e. The number of para-hydroxylation sites is 1. The number of anilines is 2.